The summed E-state index contributed by atoms with van der Waals surface area (Å²) in [4.78, 5) is 19.3. The summed E-state index contributed by atoms with van der Waals surface area (Å²) in [6, 6.07) is 0. The number of carboxylic acid groups (broad SMARTS) is 2. The Hall–Kier alpha value is 2.09. The van der Waals surface area contributed by atoms with Crippen LogP contribution in [0.1, 0.15) is 6.92 Å². The zero-order chi connectivity index (χ0) is 11.0. The first-order valence-electron chi connectivity index (χ1n) is 3.27. The van der Waals surface area contributed by atoms with Crippen molar-refractivity contribution in [2.75, 3.05) is 6.61 Å². The van der Waals surface area contributed by atoms with Crippen molar-refractivity contribution in [3.63, 3.8) is 0 Å². The van der Waals surface area contributed by atoms with Crippen LogP contribution in [-0.4, -0.2) is 46.1 Å². The number of hydrogen-bond donors (Lipinski definition) is 3. The number of carbonyl (C=O) groups excluding carboxylic acids is 2. The van der Waals surface area contributed by atoms with Gasteiger partial charge in [-0.05, 0) is 6.92 Å². The predicted molar refractivity (Wildman–Crippen MR) is 34.8 cm³/mol. The van der Waals surface area contributed by atoms with Crippen molar-refractivity contribution < 1.29 is 138 Å². The summed E-state index contributed by atoms with van der Waals surface area (Å²) in [5.74, 6) is -4.12. The van der Waals surface area contributed by atoms with Gasteiger partial charge in [0.2, 0.25) is 0 Å². The van der Waals surface area contributed by atoms with E-state index >= 15 is 0 Å². The molecule has 0 aromatic carbocycles. The molecule has 0 saturated carbocycles. The van der Waals surface area contributed by atoms with Crippen molar-refractivity contribution in [3.05, 3.63) is 0 Å². The van der Waals surface area contributed by atoms with Gasteiger partial charge in [-0.2, -0.15) is 0 Å². The molecule has 15 heavy (non-hydrogen) atoms. The van der Waals surface area contributed by atoms with Gasteiger partial charge in [-0.15, -0.1) is 0 Å². The number of aliphatic carboxylic acids is 2. The quantitative estimate of drug-likeness (QED) is 0.433. The molecule has 0 amide bonds. The van der Waals surface area contributed by atoms with Gasteiger partial charge in [-0.1, -0.05) is 0 Å². The zero-order valence-corrected chi connectivity index (χ0v) is 15.1. The smallest absolute Gasteiger partial charge is 0.547 e. The first-order valence-corrected chi connectivity index (χ1v) is 3.27. The number of rotatable bonds is 3. The molecule has 0 spiro atoms. The second kappa shape index (κ2) is 16.1. The molecule has 2 atom stereocenters. The molecule has 0 fully saturated rings. The van der Waals surface area contributed by atoms with E-state index < -0.39 is 24.1 Å². The average Bonchev–Trinajstić information content (AvgIpc) is 2.03. The van der Waals surface area contributed by atoms with E-state index in [2.05, 4.69) is 0 Å². The van der Waals surface area contributed by atoms with Crippen LogP contribution in [0.2, 0.25) is 0 Å². The molecule has 0 bridgehead atoms. The Bertz CT molecular complexity index is 157. The van der Waals surface area contributed by atoms with Gasteiger partial charge in [0, 0.05) is 6.61 Å². The molecule has 0 aromatic heterocycles. The minimum atomic E-state index is -2.44. The van der Waals surface area contributed by atoms with E-state index in [0.717, 1.165) is 0 Å². The summed E-state index contributed by atoms with van der Waals surface area (Å²) in [6.07, 6.45) is -4.88. The standard InChI is InChI=1S/C4H6O6.C2H6O.2K/c5-1(3(7)8)2(6)4(9)10;1-2-3;;/h1-2,5-6H,(H,7,8)(H,9,10);3H,2H2,1H3;;/q;;2*+1/p-2. The first kappa shape index (κ1) is 25.8. The molecule has 0 aromatic rings. The van der Waals surface area contributed by atoms with Crippen LogP contribution in [-0.2, 0) is 9.59 Å². The molecule has 0 rings (SSSR count). The van der Waals surface area contributed by atoms with Crippen molar-refractivity contribution in [2.45, 2.75) is 19.1 Å². The summed E-state index contributed by atoms with van der Waals surface area (Å²) in [7, 11) is 0. The number of carboxylic acids is 2. The van der Waals surface area contributed by atoms with E-state index in [9.17, 15) is 19.8 Å². The Morgan fingerprint density at radius 3 is 1.27 bits per heavy atom. The van der Waals surface area contributed by atoms with E-state index in [-0.39, 0.29) is 109 Å². The van der Waals surface area contributed by atoms with Crippen LogP contribution in [0.3, 0.4) is 0 Å². The first-order chi connectivity index (χ1) is 5.88. The van der Waals surface area contributed by atoms with Gasteiger partial charge in [0.05, 0.1) is 11.9 Å². The van der Waals surface area contributed by atoms with Gasteiger partial charge in [-0.3, -0.25) is 0 Å². The molecule has 9 heteroatoms. The van der Waals surface area contributed by atoms with Crippen LogP contribution < -0.4 is 113 Å². The van der Waals surface area contributed by atoms with E-state index in [1.807, 2.05) is 0 Å². The van der Waals surface area contributed by atoms with E-state index in [0.29, 0.717) is 0 Å². The molecule has 0 aliphatic heterocycles. The van der Waals surface area contributed by atoms with Gasteiger partial charge >= 0.3 is 103 Å². The van der Waals surface area contributed by atoms with Crippen LogP contribution in [0, 0.1) is 0 Å². The number of carbonyl (C=O) groups is 2. The number of hydrogen-bond acceptors (Lipinski definition) is 7. The van der Waals surface area contributed by atoms with Crippen molar-refractivity contribution in [1.82, 2.24) is 0 Å². The van der Waals surface area contributed by atoms with E-state index in [1.54, 1.807) is 6.92 Å². The summed E-state index contributed by atoms with van der Waals surface area (Å²) in [5, 5.41) is 43.3. The molecule has 2 unspecified atom stereocenters. The number of aliphatic hydroxyl groups is 3. The van der Waals surface area contributed by atoms with Gasteiger partial charge in [-0.25, -0.2) is 0 Å². The van der Waals surface area contributed by atoms with Gasteiger partial charge in [0.1, 0.15) is 12.2 Å². The second-order valence-electron chi connectivity index (χ2n) is 1.84. The van der Waals surface area contributed by atoms with E-state index in [1.165, 1.54) is 0 Å². The molecule has 0 radical (unpaired) electrons. The molecular weight excluding hydrogens is 262 g/mol. The number of aliphatic hydroxyl groups excluding tert-OH is 3. The Labute approximate surface area is 172 Å². The fourth-order valence-electron chi connectivity index (χ4n) is 0.258. The largest absolute Gasteiger partial charge is 1.00 e. The molecular formula is C6H10K2O7. The molecule has 0 heterocycles. The molecule has 7 nitrogen and oxygen atoms in total. The van der Waals surface area contributed by atoms with Crippen LogP contribution in [0.5, 0.6) is 0 Å². The summed E-state index contributed by atoms with van der Waals surface area (Å²) in [5.41, 5.74) is 0. The maximum Gasteiger partial charge on any atom is 1.00 e. The second-order valence-corrected chi connectivity index (χ2v) is 1.84. The Balaban J connectivity index is -0.000000108. The third kappa shape index (κ3) is 16.1. The molecule has 0 aliphatic rings. The SMILES string of the molecule is CCO.O=C([O-])C(O)C(O)C(=O)[O-].[K+].[K+]. The molecule has 3 N–H and O–H groups in total. The normalized spacial score (nSPS) is 11.7. The van der Waals surface area contributed by atoms with E-state index in [4.69, 9.17) is 15.3 Å². The van der Waals surface area contributed by atoms with Crippen molar-refractivity contribution in [3.8, 4) is 0 Å². The fourth-order valence-corrected chi connectivity index (χ4v) is 0.258. The van der Waals surface area contributed by atoms with Crippen LogP contribution in [0.4, 0.5) is 0 Å². The Morgan fingerprint density at radius 2 is 1.20 bits per heavy atom. The maximum absolute atomic E-state index is 9.63. The van der Waals surface area contributed by atoms with Crippen molar-refractivity contribution in [2.24, 2.45) is 0 Å². The summed E-state index contributed by atoms with van der Waals surface area (Å²) >= 11 is 0. The molecule has 0 aliphatic carbocycles. The third-order valence-corrected chi connectivity index (χ3v) is 0.782. The maximum atomic E-state index is 9.63. The minimum absolute atomic E-state index is 0. The zero-order valence-electron chi connectivity index (χ0n) is 8.84. The van der Waals surface area contributed by atoms with Gasteiger partial charge < -0.3 is 35.1 Å². The van der Waals surface area contributed by atoms with Crippen LogP contribution >= 0.6 is 0 Å². The van der Waals surface area contributed by atoms with Gasteiger partial charge in [0.15, 0.2) is 0 Å². The molecule has 0 saturated heterocycles. The molecule has 78 valence electrons. The average molecular weight is 272 g/mol. The minimum Gasteiger partial charge on any atom is -0.547 e. The third-order valence-electron chi connectivity index (χ3n) is 0.782. The topological polar surface area (TPSA) is 141 Å². The van der Waals surface area contributed by atoms with Gasteiger partial charge in [0.25, 0.3) is 0 Å². The Morgan fingerprint density at radius 1 is 1.07 bits per heavy atom. The van der Waals surface area contributed by atoms with Crippen molar-refractivity contribution >= 4 is 11.9 Å². The van der Waals surface area contributed by atoms with Crippen LogP contribution in [0.15, 0.2) is 0 Å². The fraction of sp³-hybridized carbons (Fsp3) is 0.667. The van der Waals surface area contributed by atoms with Crippen molar-refractivity contribution in [1.29, 1.82) is 0 Å². The monoisotopic (exact) mass is 272 g/mol. The summed E-state index contributed by atoms with van der Waals surface area (Å²) in [6.45, 7) is 1.93. The summed E-state index contributed by atoms with van der Waals surface area (Å²) < 4.78 is 0. The van der Waals surface area contributed by atoms with Crippen LogP contribution in [0.25, 0.3) is 0 Å². The Kier molecular flexibility index (Phi) is 27.7. The predicted octanol–water partition coefficient (Wildman–Crippen LogP) is -10.8.